The summed E-state index contributed by atoms with van der Waals surface area (Å²) in [5, 5.41) is 3.08. The van der Waals surface area contributed by atoms with Gasteiger partial charge in [-0.05, 0) is 25.0 Å². The van der Waals surface area contributed by atoms with E-state index in [0.29, 0.717) is 18.9 Å². The zero-order valence-electron chi connectivity index (χ0n) is 11.0. The maximum Gasteiger partial charge on any atom is 0.223 e. The van der Waals surface area contributed by atoms with Gasteiger partial charge in [0.1, 0.15) is 5.75 Å². The molecule has 0 spiro atoms. The van der Waals surface area contributed by atoms with Crippen molar-refractivity contribution < 1.29 is 9.53 Å². The maximum atomic E-state index is 11.9. The number of hydrogen-bond acceptors (Lipinski definition) is 2. The van der Waals surface area contributed by atoms with Crippen LogP contribution in [-0.2, 0) is 4.79 Å². The van der Waals surface area contributed by atoms with Gasteiger partial charge in [0.2, 0.25) is 5.91 Å². The monoisotopic (exact) mass is 281 g/mol. The van der Waals surface area contributed by atoms with E-state index in [9.17, 15) is 4.79 Å². The molecule has 1 aromatic rings. The van der Waals surface area contributed by atoms with Crippen LogP contribution in [0.1, 0.15) is 32.1 Å². The molecule has 0 atom stereocenters. The van der Waals surface area contributed by atoms with Crippen molar-refractivity contribution in [2.24, 2.45) is 0 Å². The first-order chi connectivity index (χ1) is 9.24. The second kappa shape index (κ2) is 6.80. The average molecular weight is 282 g/mol. The third-order valence-corrected chi connectivity index (χ3v) is 4.07. The Labute approximate surface area is 119 Å². The zero-order valence-corrected chi connectivity index (χ0v) is 11.8. The first kappa shape index (κ1) is 14.2. The van der Waals surface area contributed by atoms with Crippen molar-refractivity contribution >= 4 is 17.5 Å². The number of ether oxygens (including phenoxy) is 1. The Bertz CT molecular complexity index is 402. The van der Waals surface area contributed by atoms with Crippen LogP contribution in [0.2, 0.25) is 0 Å². The molecule has 1 fully saturated rings. The van der Waals surface area contributed by atoms with Gasteiger partial charge in [-0.3, -0.25) is 4.79 Å². The molecule has 0 unspecified atom stereocenters. The van der Waals surface area contributed by atoms with Crippen molar-refractivity contribution in [2.75, 3.05) is 12.5 Å². The van der Waals surface area contributed by atoms with Crippen LogP contribution in [0.5, 0.6) is 5.75 Å². The molecule has 104 valence electrons. The van der Waals surface area contributed by atoms with E-state index < -0.39 is 0 Å². The molecule has 19 heavy (non-hydrogen) atoms. The highest BCUT2D eigenvalue weighted by Crippen LogP contribution is 2.30. The number of carbonyl (C=O) groups excluding carboxylic acids is 1. The van der Waals surface area contributed by atoms with Gasteiger partial charge in [-0.25, -0.2) is 0 Å². The van der Waals surface area contributed by atoms with Crippen LogP contribution in [0, 0.1) is 0 Å². The van der Waals surface area contributed by atoms with Crippen LogP contribution in [-0.4, -0.2) is 23.9 Å². The lowest BCUT2D eigenvalue weighted by atomic mass is 10.0. The summed E-state index contributed by atoms with van der Waals surface area (Å²) < 4.78 is 5.51. The average Bonchev–Trinajstić information content (AvgIpc) is 2.89. The Kier molecular flexibility index (Phi) is 5.08. The van der Waals surface area contributed by atoms with Crippen LogP contribution in [0.25, 0.3) is 0 Å². The van der Waals surface area contributed by atoms with Gasteiger partial charge in [0, 0.05) is 5.88 Å². The predicted octanol–water partition coefficient (Wildman–Crippen LogP) is 3.12. The quantitative estimate of drug-likeness (QED) is 0.814. The number of nitrogens with one attached hydrogen (secondary N) is 1. The molecular formula is C15H20ClNO2. The molecule has 1 aromatic carbocycles. The number of halogens is 1. The normalized spacial score (nSPS) is 17.1. The minimum absolute atomic E-state index is 0.0264. The number of benzene rings is 1. The van der Waals surface area contributed by atoms with Gasteiger partial charge >= 0.3 is 0 Å². The largest absolute Gasteiger partial charge is 0.493 e. The van der Waals surface area contributed by atoms with Crippen molar-refractivity contribution in [3.05, 3.63) is 30.3 Å². The fourth-order valence-corrected chi connectivity index (χ4v) is 2.81. The van der Waals surface area contributed by atoms with Gasteiger partial charge in [-0.2, -0.15) is 0 Å². The third kappa shape index (κ3) is 4.13. The lowest BCUT2D eigenvalue weighted by Gasteiger charge is -2.27. The number of para-hydroxylation sites is 1. The summed E-state index contributed by atoms with van der Waals surface area (Å²) in [6.07, 6.45) is 4.64. The minimum atomic E-state index is -0.175. The third-order valence-electron chi connectivity index (χ3n) is 3.56. The number of amides is 1. The molecule has 0 aliphatic heterocycles. The molecular weight excluding hydrogens is 262 g/mol. The van der Waals surface area contributed by atoms with Crippen LogP contribution < -0.4 is 10.1 Å². The number of carbonyl (C=O) groups is 1. The van der Waals surface area contributed by atoms with E-state index in [0.717, 1.165) is 31.4 Å². The van der Waals surface area contributed by atoms with E-state index in [-0.39, 0.29) is 11.4 Å². The van der Waals surface area contributed by atoms with Crippen molar-refractivity contribution in [2.45, 2.75) is 37.6 Å². The van der Waals surface area contributed by atoms with Gasteiger partial charge in [-0.1, -0.05) is 31.0 Å². The van der Waals surface area contributed by atoms with Crippen LogP contribution >= 0.6 is 11.6 Å². The van der Waals surface area contributed by atoms with E-state index in [2.05, 4.69) is 5.32 Å². The molecule has 1 saturated carbocycles. The summed E-state index contributed by atoms with van der Waals surface area (Å²) in [4.78, 5) is 11.9. The Balaban J connectivity index is 1.73. The summed E-state index contributed by atoms with van der Waals surface area (Å²) in [7, 11) is 0. The van der Waals surface area contributed by atoms with Crippen LogP contribution in [0.4, 0.5) is 0 Å². The van der Waals surface area contributed by atoms with Crippen molar-refractivity contribution in [3.63, 3.8) is 0 Å². The highest BCUT2D eigenvalue weighted by Gasteiger charge is 2.34. The topological polar surface area (TPSA) is 38.3 Å². The first-order valence-corrected chi connectivity index (χ1v) is 7.32. The highest BCUT2D eigenvalue weighted by molar-refractivity contribution is 6.18. The molecule has 0 aromatic heterocycles. The maximum absolute atomic E-state index is 11.9. The van der Waals surface area contributed by atoms with Crippen LogP contribution in [0.3, 0.4) is 0 Å². The summed E-state index contributed by atoms with van der Waals surface area (Å²) in [6.45, 7) is 0.397. The molecule has 0 saturated heterocycles. The Morgan fingerprint density at radius 1 is 1.26 bits per heavy atom. The smallest absolute Gasteiger partial charge is 0.223 e. The lowest BCUT2D eigenvalue weighted by molar-refractivity contribution is -0.123. The fourth-order valence-electron chi connectivity index (χ4n) is 2.48. The van der Waals surface area contributed by atoms with Crippen molar-refractivity contribution in [3.8, 4) is 5.75 Å². The molecule has 0 bridgehead atoms. The Morgan fingerprint density at radius 3 is 2.58 bits per heavy atom. The molecule has 1 N–H and O–H groups in total. The number of hydrogen-bond donors (Lipinski definition) is 1. The van der Waals surface area contributed by atoms with E-state index in [4.69, 9.17) is 16.3 Å². The number of alkyl halides is 1. The molecule has 1 amide bonds. The molecule has 1 aliphatic rings. The summed E-state index contributed by atoms with van der Waals surface area (Å²) >= 11 is 5.99. The predicted molar refractivity (Wildman–Crippen MR) is 76.6 cm³/mol. The minimum Gasteiger partial charge on any atom is -0.493 e. The Morgan fingerprint density at radius 2 is 1.95 bits per heavy atom. The molecule has 0 heterocycles. The first-order valence-electron chi connectivity index (χ1n) is 6.79. The van der Waals surface area contributed by atoms with Crippen molar-refractivity contribution in [1.82, 2.24) is 5.32 Å². The molecule has 2 rings (SSSR count). The molecule has 3 nitrogen and oxygen atoms in total. The van der Waals surface area contributed by atoms with Gasteiger partial charge in [0.15, 0.2) is 0 Å². The van der Waals surface area contributed by atoms with E-state index in [1.165, 1.54) is 0 Å². The molecule has 4 heteroatoms. The molecule has 0 radical (unpaired) electrons. The summed E-state index contributed by atoms with van der Waals surface area (Å²) in [5.74, 6) is 1.32. The second-order valence-electron chi connectivity index (χ2n) is 5.08. The highest BCUT2D eigenvalue weighted by atomic mass is 35.5. The van der Waals surface area contributed by atoms with E-state index in [1.807, 2.05) is 30.3 Å². The SMILES string of the molecule is O=C(CCOc1ccccc1)NC1(CCl)CCCC1. The standard InChI is InChI=1S/C15H20ClNO2/c16-12-15(9-4-5-10-15)17-14(18)8-11-19-13-6-2-1-3-7-13/h1-3,6-7H,4-5,8-12H2,(H,17,18). The van der Waals surface area contributed by atoms with Gasteiger partial charge in [0.25, 0.3) is 0 Å². The zero-order chi connectivity index (χ0) is 13.6. The van der Waals surface area contributed by atoms with Gasteiger partial charge in [-0.15, -0.1) is 11.6 Å². The lowest BCUT2D eigenvalue weighted by Crippen LogP contribution is -2.48. The number of rotatable bonds is 6. The fraction of sp³-hybridized carbons (Fsp3) is 0.533. The summed E-state index contributed by atoms with van der Waals surface area (Å²) in [5.41, 5.74) is -0.175. The van der Waals surface area contributed by atoms with E-state index >= 15 is 0 Å². The van der Waals surface area contributed by atoms with Gasteiger partial charge in [0.05, 0.1) is 18.6 Å². The van der Waals surface area contributed by atoms with Gasteiger partial charge < -0.3 is 10.1 Å². The van der Waals surface area contributed by atoms with E-state index in [1.54, 1.807) is 0 Å². The summed E-state index contributed by atoms with van der Waals surface area (Å²) in [6, 6.07) is 9.53. The second-order valence-corrected chi connectivity index (χ2v) is 5.35. The van der Waals surface area contributed by atoms with Crippen molar-refractivity contribution in [1.29, 1.82) is 0 Å². The van der Waals surface area contributed by atoms with Crippen LogP contribution in [0.15, 0.2) is 30.3 Å². The molecule has 1 aliphatic carbocycles. The Hall–Kier alpha value is -1.22.